The fraction of sp³-hybridized carbons (Fsp3) is 0.545. The molecule has 6 nitrogen and oxygen atoms in total. The smallest absolute Gasteiger partial charge is 0.194 e. The number of hydrogen-bond donors (Lipinski definition) is 1. The van der Waals surface area contributed by atoms with Crippen molar-refractivity contribution in [1.29, 1.82) is 0 Å². The van der Waals surface area contributed by atoms with Gasteiger partial charge in [0.25, 0.3) is 0 Å². The van der Waals surface area contributed by atoms with Crippen LogP contribution >= 0.6 is 0 Å². The minimum absolute atomic E-state index is 0.671. The summed E-state index contributed by atoms with van der Waals surface area (Å²) in [5.74, 6) is 0.737. The van der Waals surface area contributed by atoms with Gasteiger partial charge in [-0.25, -0.2) is 0 Å². The Labute approximate surface area is 101 Å². The molecule has 0 aliphatic carbocycles. The molecule has 0 aliphatic heterocycles. The van der Waals surface area contributed by atoms with E-state index in [2.05, 4.69) is 38.3 Å². The average Bonchev–Trinajstić information content (AvgIpc) is 2.90. The predicted octanol–water partition coefficient (Wildman–Crippen LogP) is 0.559. The van der Waals surface area contributed by atoms with Crippen LogP contribution in [-0.2, 0) is 20.1 Å². The van der Waals surface area contributed by atoms with Crippen LogP contribution in [0.2, 0.25) is 0 Å². The first kappa shape index (κ1) is 11.8. The molecule has 0 atom stereocenters. The maximum Gasteiger partial charge on any atom is 0.194 e. The Bertz CT molecular complexity index is 458. The molecule has 0 fully saturated rings. The fourth-order valence-corrected chi connectivity index (χ4v) is 1.70. The van der Waals surface area contributed by atoms with E-state index in [0.717, 1.165) is 25.3 Å². The fourth-order valence-electron chi connectivity index (χ4n) is 1.70. The molecular weight excluding hydrogens is 216 g/mol. The largest absolute Gasteiger partial charge is 0.342 e. The number of hydrogen-bond acceptors (Lipinski definition) is 4. The topological polar surface area (TPSA) is 60.6 Å². The van der Waals surface area contributed by atoms with E-state index in [1.807, 2.05) is 12.3 Å². The van der Waals surface area contributed by atoms with Gasteiger partial charge >= 0.3 is 0 Å². The van der Waals surface area contributed by atoms with Crippen LogP contribution in [0.5, 0.6) is 0 Å². The van der Waals surface area contributed by atoms with Crippen molar-refractivity contribution in [1.82, 2.24) is 30.1 Å². The Balaban J connectivity index is 1.98. The number of aromatic nitrogens is 5. The Hall–Kier alpha value is -1.69. The standard InChI is InChI=1S/C11H18N6/c1-3-6-12-8-10-5-4-7-17(10)9-11-13-15-16(2)14-11/h4-5,7,12H,3,6,8-9H2,1-2H3. The Morgan fingerprint density at radius 3 is 3.00 bits per heavy atom. The molecule has 0 aromatic carbocycles. The van der Waals surface area contributed by atoms with E-state index < -0.39 is 0 Å². The van der Waals surface area contributed by atoms with Crippen LogP contribution in [-0.4, -0.2) is 31.3 Å². The normalized spacial score (nSPS) is 10.9. The quantitative estimate of drug-likeness (QED) is 0.742. The van der Waals surface area contributed by atoms with Gasteiger partial charge in [0.2, 0.25) is 0 Å². The van der Waals surface area contributed by atoms with Crippen LogP contribution in [0.3, 0.4) is 0 Å². The molecule has 0 unspecified atom stereocenters. The van der Waals surface area contributed by atoms with E-state index in [0.29, 0.717) is 6.54 Å². The Kier molecular flexibility index (Phi) is 3.87. The summed E-state index contributed by atoms with van der Waals surface area (Å²) in [6.45, 7) is 4.75. The highest BCUT2D eigenvalue weighted by molar-refractivity contribution is 5.08. The molecular formula is C11H18N6. The molecule has 0 spiro atoms. The molecule has 1 N–H and O–H groups in total. The van der Waals surface area contributed by atoms with E-state index in [1.165, 1.54) is 10.5 Å². The van der Waals surface area contributed by atoms with E-state index in [9.17, 15) is 0 Å². The highest BCUT2D eigenvalue weighted by atomic mass is 15.6. The summed E-state index contributed by atoms with van der Waals surface area (Å²) >= 11 is 0. The summed E-state index contributed by atoms with van der Waals surface area (Å²) < 4.78 is 2.14. The van der Waals surface area contributed by atoms with Crippen molar-refractivity contribution in [2.24, 2.45) is 7.05 Å². The van der Waals surface area contributed by atoms with Crippen molar-refractivity contribution in [3.63, 3.8) is 0 Å². The van der Waals surface area contributed by atoms with E-state index in [-0.39, 0.29) is 0 Å². The molecule has 0 bridgehead atoms. The van der Waals surface area contributed by atoms with Crippen LogP contribution in [0.15, 0.2) is 18.3 Å². The van der Waals surface area contributed by atoms with Gasteiger partial charge in [-0.2, -0.15) is 4.80 Å². The first-order chi connectivity index (χ1) is 8.29. The molecule has 0 aliphatic rings. The second kappa shape index (κ2) is 5.58. The van der Waals surface area contributed by atoms with Gasteiger partial charge in [0, 0.05) is 18.4 Å². The predicted molar refractivity (Wildman–Crippen MR) is 64.3 cm³/mol. The number of tetrazole rings is 1. The van der Waals surface area contributed by atoms with Crippen LogP contribution in [0.4, 0.5) is 0 Å². The SMILES string of the molecule is CCCNCc1cccn1Cc1nnn(C)n1. The monoisotopic (exact) mass is 234 g/mol. The number of nitrogens with one attached hydrogen (secondary N) is 1. The molecule has 2 heterocycles. The van der Waals surface area contributed by atoms with Crippen molar-refractivity contribution in [2.45, 2.75) is 26.4 Å². The third kappa shape index (κ3) is 3.13. The third-order valence-corrected chi connectivity index (χ3v) is 2.52. The van der Waals surface area contributed by atoms with Gasteiger partial charge in [0.1, 0.15) is 0 Å². The average molecular weight is 234 g/mol. The minimum Gasteiger partial charge on any atom is -0.342 e. The highest BCUT2D eigenvalue weighted by Crippen LogP contribution is 2.04. The van der Waals surface area contributed by atoms with E-state index >= 15 is 0 Å². The summed E-state index contributed by atoms with van der Waals surface area (Å²) in [5.41, 5.74) is 1.24. The van der Waals surface area contributed by atoms with Gasteiger partial charge in [0.15, 0.2) is 5.82 Å². The summed E-state index contributed by atoms with van der Waals surface area (Å²) in [6.07, 6.45) is 3.19. The molecule has 0 saturated heterocycles. The second-order valence-corrected chi connectivity index (χ2v) is 4.00. The van der Waals surface area contributed by atoms with E-state index in [1.54, 1.807) is 7.05 Å². The van der Waals surface area contributed by atoms with Gasteiger partial charge in [-0.15, -0.1) is 10.2 Å². The molecule has 6 heteroatoms. The van der Waals surface area contributed by atoms with Crippen molar-refractivity contribution in [3.8, 4) is 0 Å². The zero-order valence-electron chi connectivity index (χ0n) is 10.3. The molecule has 17 heavy (non-hydrogen) atoms. The molecule has 2 rings (SSSR count). The number of nitrogens with zero attached hydrogens (tertiary/aromatic N) is 5. The third-order valence-electron chi connectivity index (χ3n) is 2.52. The van der Waals surface area contributed by atoms with Gasteiger partial charge < -0.3 is 9.88 Å². The lowest BCUT2D eigenvalue weighted by Crippen LogP contribution is -2.17. The Morgan fingerprint density at radius 2 is 2.29 bits per heavy atom. The van der Waals surface area contributed by atoms with Gasteiger partial charge in [-0.1, -0.05) is 6.92 Å². The first-order valence-electron chi connectivity index (χ1n) is 5.87. The maximum absolute atomic E-state index is 4.18. The van der Waals surface area contributed by atoms with Crippen molar-refractivity contribution < 1.29 is 0 Å². The number of rotatable bonds is 6. The van der Waals surface area contributed by atoms with E-state index in [4.69, 9.17) is 0 Å². The highest BCUT2D eigenvalue weighted by Gasteiger charge is 2.05. The van der Waals surface area contributed by atoms with Gasteiger partial charge in [-0.3, -0.25) is 0 Å². The summed E-state index contributed by atoms with van der Waals surface area (Å²) in [7, 11) is 1.77. The Morgan fingerprint density at radius 1 is 1.41 bits per heavy atom. The molecule has 92 valence electrons. The lowest BCUT2D eigenvalue weighted by molar-refractivity contribution is 0.612. The number of aryl methyl sites for hydroxylation is 1. The van der Waals surface area contributed by atoms with Crippen molar-refractivity contribution in [2.75, 3.05) is 6.54 Å². The molecule has 2 aromatic rings. The minimum atomic E-state index is 0.671. The molecule has 0 saturated carbocycles. The van der Waals surface area contributed by atoms with Gasteiger partial charge in [-0.05, 0) is 30.3 Å². The molecule has 0 amide bonds. The van der Waals surface area contributed by atoms with Crippen molar-refractivity contribution >= 4 is 0 Å². The van der Waals surface area contributed by atoms with Gasteiger partial charge in [0.05, 0.1) is 13.6 Å². The zero-order valence-corrected chi connectivity index (χ0v) is 10.3. The first-order valence-corrected chi connectivity index (χ1v) is 5.87. The molecule has 0 radical (unpaired) electrons. The zero-order chi connectivity index (χ0) is 12.1. The van der Waals surface area contributed by atoms with Crippen LogP contribution in [0, 0.1) is 0 Å². The summed E-state index contributed by atoms with van der Waals surface area (Å²) in [5, 5.41) is 15.4. The summed E-state index contributed by atoms with van der Waals surface area (Å²) in [4.78, 5) is 1.48. The maximum atomic E-state index is 4.18. The second-order valence-electron chi connectivity index (χ2n) is 4.00. The lowest BCUT2D eigenvalue weighted by Gasteiger charge is -2.07. The van der Waals surface area contributed by atoms with Crippen LogP contribution in [0.25, 0.3) is 0 Å². The lowest BCUT2D eigenvalue weighted by atomic mass is 10.4. The van der Waals surface area contributed by atoms with Crippen LogP contribution < -0.4 is 5.32 Å². The summed E-state index contributed by atoms with van der Waals surface area (Å²) in [6, 6.07) is 4.15. The van der Waals surface area contributed by atoms with Crippen molar-refractivity contribution in [3.05, 3.63) is 29.8 Å². The molecule has 2 aromatic heterocycles. The van der Waals surface area contributed by atoms with Crippen LogP contribution in [0.1, 0.15) is 24.9 Å².